The highest BCUT2D eigenvalue weighted by molar-refractivity contribution is 5.94. The minimum absolute atomic E-state index is 0.00948. The third kappa shape index (κ3) is 10.4. The lowest BCUT2D eigenvalue weighted by Gasteiger charge is -2.57. The summed E-state index contributed by atoms with van der Waals surface area (Å²) >= 11 is 0. The van der Waals surface area contributed by atoms with Crippen molar-refractivity contribution in [2.45, 2.75) is 127 Å². The molecular formula is C57H70N2O11. The Balaban J connectivity index is 1.19. The van der Waals surface area contributed by atoms with Crippen molar-refractivity contribution in [3.8, 4) is 34.8 Å². The maximum absolute atomic E-state index is 15.1. The Morgan fingerprint density at radius 2 is 1.77 bits per heavy atom. The number of carbonyl (C=O) groups is 2. The van der Waals surface area contributed by atoms with Crippen LogP contribution >= 0.6 is 0 Å². The van der Waals surface area contributed by atoms with Crippen LogP contribution < -0.4 is 14.8 Å². The number of ketones is 1. The molecular weight excluding hydrogens is 889 g/mol. The summed E-state index contributed by atoms with van der Waals surface area (Å²) in [5.74, 6) is 6.38. The molecule has 1 aliphatic heterocycles. The zero-order valence-electron chi connectivity index (χ0n) is 40.5. The van der Waals surface area contributed by atoms with E-state index in [1.54, 1.807) is 25.1 Å². The number of H-pyrrole nitrogens is 1. The van der Waals surface area contributed by atoms with E-state index in [0.29, 0.717) is 50.8 Å². The lowest BCUT2D eigenvalue weighted by atomic mass is 9.47. The number of para-hydroxylation sites is 1. The molecule has 13 nitrogen and oxygen atoms in total. The Morgan fingerprint density at radius 3 is 2.57 bits per heavy atom. The molecule has 3 fully saturated rings. The number of allylic oxidation sites excluding steroid dienone is 1. The average molecular weight is 959 g/mol. The van der Waals surface area contributed by atoms with Crippen molar-refractivity contribution < 1.29 is 54.4 Å². The first-order valence-electron chi connectivity index (χ1n) is 25.5. The molecule has 0 saturated heterocycles. The van der Waals surface area contributed by atoms with Crippen LogP contribution in [0.4, 0.5) is 0 Å². The Morgan fingerprint density at radius 1 is 0.943 bits per heavy atom. The van der Waals surface area contributed by atoms with Crippen LogP contribution in [-0.4, -0.2) is 105 Å². The summed E-state index contributed by atoms with van der Waals surface area (Å²) in [5.41, 5.74) is 6.04. The molecule has 4 aliphatic carbocycles. The average Bonchev–Trinajstić information content (AvgIpc) is 3.85. The number of aromatic nitrogens is 1. The van der Waals surface area contributed by atoms with Crippen molar-refractivity contribution in [2.24, 2.45) is 35.0 Å². The number of aromatic amines is 1. The van der Waals surface area contributed by atoms with Crippen molar-refractivity contribution in [1.82, 2.24) is 10.3 Å². The topological polar surface area (TPSA) is 211 Å². The summed E-state index contributed by atoms with van der Waals surface area (Å²) < 4.78 is 17.6. The molecule has 4 aromatic rings. The summed E-state index contributed by atoms with van der Waals surface area (Å²) in [4.78, 5) is 32.5. The summed E-state index contributed by atoms with van der Waals surface area (Å²) in [5, 5.41) is 68.3. The Hall–Kier alpha value is -5.36. The van der Waals surface area contributed by atoms with E-state index in [9.17, 15) is 35.4 Å². The first-order valence-corrected chi connectivity index (χ1v) is 25.5. The zero-order chi connectivity index (χ0) is 49.1. The molecule has 3 aromatic carbocycles. The number of phenols is 2. The molecule has 1 spiro atoms. The SMILES string of the molecule is COc1cc2c(cc1O)C1=CC3CC4(CC(CCCO)C(NCC(C)O)C4)C4CC(O)CCC4C3C2CC(=O)CC(CCc2ccc(O)c(OCCO)c2)OC(=O)CC#CCc2c1[nH]c1ccccc21. The number of aliphatic hydroxyl groups is 4. The Labute approximate surface area is 410 Å². The molecule has 11 atom stereocenters. The van der Waals surface area contributed by atoms with Gasteiger partial charge in [-0.3, -0.25) is 9.59 Å². The van der Waals surface area contributed by atoms with E-state index in [1.165, 1.54) is 13.2 Å². The molecule has 13 heteroatoms. The first-order chi connectivity index (χ1) is 33.9. The van der Waals surface area contributed by atoms with Crippen LogP contribution in [0.5, 0.6) is 23.0 Å². The van der Waals surface area contributed by atoms with Crippen molar-refractivity contribution in [1.29, 1.82) is 0 Å². The summed E-state index contributed by atoms with van der Waals surface area (Å²) in [7, 11) is 1.54. The van der Waals surface area contributed by atoms with E-state index in [2.05, 4.69) is 34.3 Å². The number of aromatic hydroxyl groups is 2. The van der Waals surface area contributed by atoms with E-state index in [4.69, 9.17) is 14.2 Å². The number of methoxy groups -OCH3 is 1. The summed E-state index contributed by atoms with van der Waals surface area (Å²) in [6.07, 6.45) is 7.92. The van der Waals surface area contributed by atoms with Gasteiger partial charge in [0.1, 0.15) is 24.9 Å². The van der Waals surface area contributed by atoms with Gasteiger partial charge in [0.25, 0.3) is 0 Å². The maximum atomic E-state index is 15.1. The number of aliphatic hydroxyl groups excluding tert-OH is 4. The highest BCUT2D eigenvalue weighted by atomic mass is 16.5. The van der Waals surface area contributed by atoms with Gasteiger partial charge in [-0.2, -0.15) is 0 Å². The lowest BCUT2D eigenvalue weighted by molar-refractivity contribution is -0.149. The van der Waals surface area contributed by atoms with Gasteiger partial charge < -0.3 is 55.2 Å². The van der Waals surface area contributed by atoms with Gasteiger partial charge >= 0.3 is 5.97 Å². The van der Waals surface area contributed by atoms with Gasteiger partial charge in [0.15, 0.2) is 23.0 Å². The summed E-state index contributed by atoms with van der Waals surface area (Å²) in [6, 6.07) is 17.0. The van der Waals surface area contributed by atoms with Gasteiger partial charge in [0.05, 0.1) is 31.6 Å². The number of Topliss-reactive ketones (excluding diaryl/α,β-unsaturated/α-hetero) is 1. The zero-order valence-corrected chi connectivity index (χ0v) is 40.5. The molecule has 0 radical (unpaired) electrons. The van der Waals surface area contributed by atoms with Crippen LogP contribution in [0.1, 0.15) is 118 Å². The molecule has 2 bridgehead atoms. The normalized spacial score (nSPS) is 29.2. The molecule has 9 rings (SSSR count). The van der Waals surface area contributed by atoms with Crippen LogP contribution in [0.15, 0.2) is 60.7 Å². The standard InChI is InChI=1S/C57H70N2O11/c1-33(62)32-58-49-31-57(29-35(49)8-7-19-60)30-36-23-46-43-27-51(66)52(68-2)28-44(43)45(55(36)42-17-15-37(63)26-47(42)57)25-38(64)24-39(16-13-34-14-18-50(65)53(22-34)69-21-20-61)70-54(67)12-6-4-10-41-40-9-3-5-11-48(40)59-56(41)46/h3,5,9,11,14,18,22-23,27-28,33,35-37,39,42,45,47,49,55,58-63,65-66H,7-8,10,12-13,15-17,19-21,24-26,29-32H2,1-2H3. The number of nitrogens with one attached hydrogen (secondary N) is 2. The van der Waals surface area contributed by atoms with Crippen molar-refractivity contribution >= 4 is 28.2 Å². The van der Waals surface area contributed by atoms with Gasteiger partial charge in [-0.15, -0.1) is 0 Å². The van der Waals surface area contributed by atoms with Crippen LogP contribution in [0.25, 0.3) is 16.5 Å². The van der Waals surface area contributed by atoms with Crippen molar-refractivity contribution in [3.05, 3.63) is 88.6 Å². The first kappa shape index (κ1) is 49.6. The predicted molar refractivity (Wildman–Crippen MR) is 265 cm³/mol. The molecule has 3 saturated carbocycles. The van der Waals surface area contributed by atoms with E-state index in [0.717, 1.165) is 76.5 Å². The van der Waals surface area contributed by atoms with Gasteiger partial charge in [0.2, 0.25) is 0 Å². The fraction of sp³-hybridized carbons (Fsp3) is 0.544. The predicted octanol–water partition coefficient (Wildman–Crippen LogP) is 7.25. The number of benzene rings is 3. The minimum Gasteiger partial charge on any atom is -0.504 e. The highest BCUT2D eigenvalue weighted by Gasteiger charge is 2.60. The molecule has 0 amide bonds. The second-order valence-electron chi connectivity index (χ2n) is 20.9. The number of esters is 1. The molecule has 374 valence electrons. The van der Waals surface area contributed by atoms with E-state index >= 15 is 4.79 Å². The van der Waals surface area contributed by atoms with Crippen molar-refractivity contribution in [2.75, 3.05) is 33.5 Å². The van der Waals surface area contributed by atoms with E-state index < -0.39 is 24.3 Å². The summed E-state index contributed by atoms with van der Waals surface area (Å²) in [6.45, 7) is 2.16. The fourth-order valence-corrected chi connectivity index (χ4v) is 13.7. The fourth-order valence-electron chi connectivity index (χ4n) is 13.7. The van der Waals surface area contributed by atoms with Crippen LogP contribution in [0.3, 0.4) is 0 Å². The van der Waals surface area contributed by atoms with Crippen molar-refractivity contribution in [3.63, 3.8) is 0 Å². The molecule has 2 heterocycles. The van der Waals surface area contributed by atoms with E-state index in [-0.39, 0.29) is 109 Å². The number of carbonyl (C=O) groups excluding carboxylic acids is 2. The van der Waals surface area contributed by atoms with E-state index in [1.807, 2.05) is 24.3 Å². The monoisotopic (exact) mass is 958 g/mol. The second-order valence-corrected chi connectivity index (χ2v) is 20.9. The van der Waals surface area contributed by atoms with Gasteiger partial charge in [-0.1, -0.05) is 42.2 Å². The molecule has 8 N–H and O–H groups in total. The van der Waals surface area contributed by atoms with Gasteiger partial charge in [0, 0.05) is 54.9 Å². The quantitative estimate of drug-likeness (QED) is 0.0492. The third-order valence-corrected chi connectivity index (χ3v) is 16.5. The smallest absolute Gasteiger partial charge is 0.318 e. The third-order valence-electron chi connectivity index (χ3n) is 16.5. The highest BCUT2D eigenvalue weighted by Crippen LogP contribution is 2.67. The maximum Gasteiger partial charge on any atom is 0.318 e. The number of fused-ring (bicyclic) bond motifs is 9. The number of hydrogen-bond donors (Lipinski definition) is 8. The number of ether oxygens (including phenoxy) is 3. The molecule has 70 heavy (non-hydrogen) atoms. The van der Waals surface area contributed by atoms with Crippen LogP contribution in [0, 0.1) is 46.8 Å². The van der Waals surface area contributed by atoms with Crippen LogP contribution in [-0.2, 0) is 27.2 Å². The molecule has 1 aromatic heterocycles. The minimum atomic E-state index is -0.776. The number of phenolic OH excluding ortho intramolecular Hbond substituents is 2. The number of rotatable bonds is 13. The van der Waals surface area contributed by atoms with Gasteiger partial charge in [-0.25, -0.2) is 0 Å². The second kappa shape index (κ2) is 21.6. The van der Waals surface area contributed by atoms with Gasteiger partial charge in [-0.05, 0) is 165 Å². The lowest BCUT2D eigenvalue weighted by Crippen LogP contribution is -2.51. The Kier molecular flexibility index (Phi) is 15.3. The van der Waals surface area contributed by atoms with Crippen LogP contribution in [0.2, 0.25) is 0 Å². The molecule has 11 unspecified atom stereocenters. The number of cyclic esters (lactones) is 1. The Bertz CT molecular complexity index is 2630. The number of hydrogen-bond acceptors (Lipinski definition) is 12. The molecule has 5 aliphatic rings. The number of aryl methyl sites for hydroxylation is 1. The largest absolute Gasteiger partial charge is 0.504 e.